The minimum atomic E-state index is -0.927. The van der Waals surface area contributed by atoms with Gasteiger partial charge in [0.15, 0.2) is 0 Å². The average Bonchev–Trinajstić information content (AvgIpc) is 3.00. The van der Waals surface area contributed by atoms with E-state index in [2.05, 4.69) is 9.97 Å². The monoisotopic (exact) mass is 238 g/mol. The van der Waals surface area contributed by atoms with Gasteiger partial charge in [-0.1, -0.05) is 6.92 Å². The molecular weight excluding hydrogens is 224 g/mol. The molecule has 1 aromatic rings. The summed E-state index contributed by atoms with van der Waals surface area (Å²) in [7, 11) is 0. The third-order valence-electron chi connectivity index (χ3n) is 2.44. The Labute approximate surface area is 98.5 Å². The Hall–Kier alpha value is -1.10. The highest BCUT2D eigenvalue weighted by molar-refractivity contribution is 8.00. The van der Waals surface area contributed by atoms with Crippen molar-refractivity contribution >= 4 is 17.7 Å². The van der Waals surface area contributed by atoms with Gasteiger partial charge in [-0.3, -0.25) is 0 Å². The summed E-state index contributed by atoms with van der Waals surface area (Å²) in [6.07, 6.45) is 3.06. The van der Waals surface area contributed by atoms with Crippen LogP contribution in [0, 0.1) is 6.92 Å². The molecule has 86 valence electrons. The van der Waals surface area contributed by atoms with E-state index in [-0.39, 0.29) is 5.56 Å². The summed E-state index contributed by atoms with van der Waals surface area (Å²) >= 11 is 1.58. The van der Waals surface area contributed by atoms with E-state index in [1.165, 1.54) is 0 Å². The second kappa shape index (κ2) is 4.41. The molecule has 0 saturated heterocycles. The summed E-state index contributed by atoms with van der Waals surface area (Å²) in [5.41, 5.74) is 0.844. The molecule has 0 amide bonds. The Bertz CT molecular complexity index is 430. The zero-order valence-corrected chi connectivity index (χ0v) is 10.2. The molecule has 1 heterocycles. The van der Waals surface area contributed by atoms with E-state index in [0.717, 1.165) is 25.1 Å². The first kappa shape index (κ1) is 11.4. The van der Waals surface area contributed by atoms with Crippen molar-refractivity contribution in [3.8, 4) is 0 Å². The molecule has 16 heavy (non-hydrogen) atoms. The number of hydrogen-bond donors (Lipinski definition) is 1. The van der Waals surface area contributed by atoms with Gasteiger partial charge in [0.25, 0.3) is 0 Å². The molecule has 1 fully saturated rings. The number of thioether (sulfide) groups is 1. The molecule has 0 atom stereocenters. The van der Waals surface area contributed by atoms with Gasteiger partial charge in [0, 0.05) is 11.7 Å². The molecule has 1 aliphatic carbocycles. The maximum atomic E-state index is 11.2. The van der Waals surface area contributed by atoms with Crippen LogP contribution >= 0.6 is 11.8 Å². The fraction of sp³-hybridized carbons (Fsp3) is 0.545. The molecule has 0 unspecified atom stereocenters. The Morgan fingerprint density at radius 1 is 1.50 bits per heavy atom. The number of rotatable bonds is 4. The fourth-order valence-electron chi connectivity index (χ4n) is 1.44. The Morgan fingerprint density at radius 3 is 2.69 bits per heavy atom. The maximum absolute atomic E-state index is 11.2. The molecule has 1 aliphatic rings. The Balaban J connectivity index is 2.42. The van der Waals surface area contributed by atoms with Gasteiger partial charge >= 0.3 is 5.97 Å². The van der Waals surface area contributed by atoms with Crippen molar-refractivity contribution < 1.29 is 9.90 Å². The van der Waals surface area contributed by atoms with Crippen LogP contribution in [0.4, 0.5) is 0 Å². The number of carboxylic acid groups (broad SMARTS) is 1. The van der Waals surface area contributed by atoms with Crippen LogP contribution in [0.5, 0.6) is 0 Å². The second-order valence-corrected chi connectivity index (χ2v) is 5.17. The van der Waals surface area contributed by atoms with Gasteiger partial charge in [0.05, 0.1) is 5.69 Å². The van der Waals surface area contributed by atoms with Crippen LogP contribution in [0.1, 0.15) is 41.6 Å². The van der Waals surface area contributed by atoms with Crippen LogP contribution in [0.2, 0.25) is 0 Å². The summed E-state index contributed by atoms with van der Waals surface area (Å²) < 4.78 is 0. The van der Waals surface area contributed by atoms with Gasteiger partial charge < -0.3 is 5.11 Å². The van der Waals surface area contributed by atoms with Crippen molar-refractivity contribution in [2.24, 2.45) is 0 Å². The lowest BCUT2D eigenvalue weighted by Gasteiger charge is -2.08. The van der Waals surface area contributed by atoms with Crippen molar-refractivity contribution in [1.82, 2.24) is 9.97 Å². The van der Waals surface area contributed by atoms with Crippen LogP contribution in [-0.4, -0.2) is 26.3 Å². The van der Waals surface area contributed by atoms with Crippen molar-refractivity contribution in [2.75, 3.05) is 0 Å². The standard InChI is InChI=1S/C11H14N2O2S/c1-3-8-12-6(2)9(11(14)15)10(13-8)16-7-4-5-7/h7H,3-5H2,1-2H3,(H,14,15). The quantitative estimate of drug-likeness (QED) is 0.815. The van der Waals surface area contributed by atoms with Gasteiger partial charge in [0.1, 0.15) is 16.4 Å². The van der Waals surface area contributed by atoms with Gasteiger partial charge in [-0.25, -0.2) is 14.8 Å². The van der Waals surface area contributed by atoms with Gasteiger partial charge in [-0.15, -0.1) is 11.8 Å². The number of nitrogens with zero attached hydrogens (tertiary/aromatic N) is 2. The van der Waals surface area contributed by atoms with E-state index in [4.69, 9.17) is 5.11 Å². The number of aromatic nitrogens is 2. The van der Waals surface area contributed by atoms with Gasteiger partial charge in [0.2, 0.25) is 0 Å². The van der Waals surface area contributed by atoms with Crippen molar-refractivity contribution in [3.63, 3.8) is 0 Å². The summed E-state index contributed by atoms with van der Waals surface area (Å²) in [6, 6.07) is 0. The predicted octanol–water partition coefficient (Wildman–Crippen LogP) is 2.30. The first-order valence-corrected chi connectivity index (χ1v) is 6.27. The van der Waals surface area contributed by atoms with E-state index in [9.17, 15) is 4.79 Å². The van der Waals surface area contributed by atoms with Crippen LogP contribution < -0.4 is 0 Å². The molecule has 0 spiro atoms. The van der Waals surface area contributed by atoms with Crippen LogP contribution in [0.15, 0.2) is 5.03 Å². The third-order valence-corrected chi connectivity index (χ3v) is 3.76. The zero-order valence-electron chi connectivity index (χ0n) is 9.36. The van der Waals surface area contributed by atoms with Crippen LogP contribution in [-0.2, 0) is 6.42 Å². The van der Waals surface area contributed by atoms with Gasteiger partial charge in [-0.05, 0) is 19.8 Å². The molecule has 0 bridgehead atoms. The first-order chi connectivity index (χ1) is 7.61. The van der Waals surface area contributed by atoms with E-state index < -0.39 is 5.97 Å². The minimum absolute atomic E-state index is 0.272. The SMILES string of the molecule is CCc1nc(C)c(C(=O)O)c(SC2CC2)n1. The normalized spacial score (nSPS) is 15.1. The molecule has 5 heteroatoms. The Morgan fingerprint density at radius 2 is 2.19 bits per heavy atom. The maximum Gasteiger partial charge on any atom is 0.340 e. The molecule has 0 aliphatic heterocycles. The van der Waals surface area contributed by atoms with Crippen molar-refractivity contribution in [3.05, 3.63) is 17.1 Å². The Kier molecular flexibility index (Phi) is 3.14. The number of hydrogen-bond acceptors (Lipinski definition) is 4. The first-order valence-electron chi connectivity index (χ1n) is 5.39. The topological polar surface area (TPSA) is 63.1 Å². The zero-order chi connectivity index (χ0) is 11.7. The second-order valence-electron chi connectivity index (χ2n) is 3.88. The molecule has 2 rings (SSSR count). The highest BCUT2D eigenvalue weighted by Gasteiger charge is 2.27. The number of aromatic carboxylic acids is 1. The van der Waals surface area contributed by atoms with E-state index >= 15 is 0 Å². The number of carboxylic acids is 1. The summed E-state index contributed by atoms with van der Waals surface area (Å²) in [5.74, 6) is -0.200. The lowest BCUT2D eigenvalue weighted by atomic mass is 10.2. The van der Waals surface area contributed by atoms with Crippen molar-refractivity contribution in [1.29, 1.82) is 0 Å². The highest BCUT2D eigenvalue weighted by atomic mass is 32.2. The van der Waals surface area contributed by atoms with Crippen LogP contribution in [0.25, 0.3) is 0 Å². The number of aryl methyl sites for hydroxylation is 2. The fourth-order valence-corrected chi connectivity index (χ4v) is 2.63. The molecule has 0 aromatic carbocycles. The predicted molar refractivity (Wildman–Crippen MR) is 62.0 cm³/mol. The molecule has 4 nitrogen and oxygen atoms in total. The molecule has 0 radical (unpaired) electrons. The molecule has 1 aromatic heterocycles. The molecule has 1 saturated carbocycles. The summed E-state index contributed by atoms with van der Waals surface area (Å²) in [5, 5.41) is 10.3. The largest absolute Gasteiger partial charge is 0.478 e. The number of carbonyl (C=O) groups is 1. The smallest absolute Gasteiger partial charge is 0.340 e. The average molecular weight is 238 g/mol. The van der Waals surface area contributed by atoms with Crippen LogP contribution in [0.3, 0.4) is 0 Å². The molecule has 1 N–H and O–H groups in total. The lowest BCUT2D eigenvalue weighted by molar-refractivity contribution is 0.0690. The van der Waals surface area contributed by atoms with Gasteiger partial charge in [-0.2, -0.15) is 0 Å². The minimum Gasteiger partial charge on any atom is -0.478 e. The third kappa shape index (κ3) is 2.35. The highest BCUT2D eigenvalue weighted by Crippen LogP contribution is 2.40. The van der Waals surface area contributed by atoms with E-state index in [1.54, 1.807) is 18.7 Å². The summed E-state index contributed by atoms with van der Waals surface area (Å²) in [4.78, 5) is 19.7. The van der Waals surface area contributed by atoms with E-state index in [0.29, 0.717) is 16.0 Å². The van der Waals surface area contributed by atoms with E-state index in [1.807, 2.05) is 6.92 Å². The molecular formula is C11H14N2O2S. The van der Waals surface area contributed by atoms with Crippen molar-refractivity contribution in [2.45, 2.75) is 43.4 Å². The lowest BCUT2D eigenvalue weighted by Crippen LogP contribution is -2.09. The summed E-state index contributed by atoms with van der Waals surface area (Å²) in [6.45, 7) is 3.71.